The maximum absolute atomic E-state index is 12.0. The van der Waals surface area contributed by atoms with E-state index < -0.39 is 0 Å². The van der Waals surface area contributed by atoms with Crippen LogP contribution in [0.15, 0.2) is 0 Å². The number of carbonyl (C=O) groups is 1. The van der Waals surface area contributed by atoms with E-state index in [9.17, 15) is 4.79 Å². The predicted molar refractivity (Wildman–Crippen MR) is 74.0 cm³/mol. The lowest BCUT2D eigenvalue weighted by atomic mass is 10.1. The minimum Gasteiger partial charge on any atom is -0.340 e. The average molecular weight is 292 g/mol. The molecule has 0 atom stereocenters. The third-order valence-corrected chi connectivity index (χ3v) is 3.28. The largest absolute Gasteiger partial charge is 0.340 e. The molecule has 0 aliphatic carbocycles. The van der Waals surface area contributed by atoms with Crippen molar-refractivity contribution >= 4 is 21.8 Å². The van der Waals surface area contributed by atoms with Gasteiger partial charge in [-0.2, -0.15) is 0 Å². The second kappa shape index (κ2) is 10.1. The minimum absolute atomic E-state index is 0.326. The van der Waals surface area contributed by atoms with E-state index in [-0.39, 0.29) is 0 Å². The van der Waals surface area contributed by atoms with Crippen molar-refractivity contribution in [3.8, 4) is 0 Å². The number of hydrogen-bond acceptors (Lipinski definition) is 1. The normalized spacial score (nSPS) is 10.8. The molecular formula is C13H26BrNO. The molecule has 0 aromatic carbocycles. The van der Waals surface area contributed by atoms with E-state index in [2.05, 4.69) is 36.7 Å². The highest BCUT2D eigenvalue weighted by molar-refractivity contribution is 9.09. The molecule has 0 unspecified atom stereocenters. The summed E-state index contributed by atoms with van der Waals surface area (Å²) >= 11 is 3.41. The van der Waals surface area contributed by atoms with Gasteiger partial charge < -0.3 is 4.90 Å². The highest BCUT2D eigenvalue weighted by Crippen LogP contribution is 2.09. The van der Waals surface area contributed by atoms with E-state index in [4.69, 9.17) is 0 Å². The Morgan fingerprint density at radius 2 is 1.88 bits per heavy atom. The Morgan fingerprint density at radius 3 is 2.38 bits per heavy atom. The van der Waals surface area contributed by atoms with Gasteiger partial charge in [-0.3, -0.25) is 4.79 Å². The van der Waals surface area contributed by atoms with Crippen LogP contribution in [0.25, 0.3) is 0 Å². The molecule has 0 aromatic rings. The number of rotatable bonds is 9. The minimum atomic E-state index is 0.326. The Bertz CT molecular complexity index is 183. The highest BCUT2D eigenvalue weighted by atomic mass is 79.9. The van der Waals surface area contributed by atoms with Crippen LogP contribution in [0.1, 0.15) is 59.3 Å². The summed E-state index contributed by atoms with van der Waals surface area (Å²) in [6.07, 6.45) is 6.47. The van der Waals surface area contributed by atoms with E-state index in [0.717, 1.165) is 31.1 Å². The first kappa shape index (κ1) is 16.0. The molecule has 0 N–H and O–H groups in total. The van der Waals surface area contributed by atoms with E-state index in [0.29, 0.717) is 11.9 Å². The van der Waals surface area contributed by atoms with Crippen LogP contribution in [-0.2, 0) is 4.79 Å². The van der Waals surface area contributed by atoms with Crippen LogP contribution in [0, 0.1) is 0 Å². The number of alkyl halides is 1. The topological polar surface area (TPSA) is 20.3 Å². The van der Waals surface area contributed by atoms with Gasteiger partial charge in [0.05, 0.1) is 0 Å². The van der Waals surface area contributed by atoms with Gasteiger partial charge in [-0.05, 0) is 26.7 Å². The molecule has 0 saturated heterocycles. The van der Waals surface area contributed by atoms with Crippen molar-refractivity contribution in [2.75, 3.05) is 11.9 Å². The summed E-state index contributed by atoms with van der Waals surface area (Å²) in [5.41, 5.74) is 0. The zero-order chi connectivity index (χ0) is 12.4. The summed E-state index contributed by atoms with van der Waals surface area (Å²) in [5, 5.41) is 0.972. The van der Waals surface area contributed by atoms with Crippen LogP contribution in [0.2, 0.25) is 0 Å². The second-order valence-electron chi connectivity index (χ2n) is 4.53. The molecule has 0 aliphatic rings. The zero-order valence-electron chi connectivity index (χ0n) is 11.0. The predicted octanol–water partition coefficient (Wildman–Crippen LogP) is 3.98. The van der Waals surface area contributed by atoms with Gasteiger partial charge >= 0.3 is 0 Å². The molecule has 0 rings (SSSR count). The van der Waals surface area contributed by atoms with Crippen molar-refractivity contribution in [3.05, 3.63) is 0 Å². The molecule has 16 heavy (non-hydrogen) atoms. The molecule has 96 valence electrons. The van der Waals surface area contributed by atoms with E-state index in [1.807, 2.05) is 4.90 Å². The standard InChI is InChI=1S/C13H26BrNO/c1-4-5-6-7-9-13(16)15(12(2)3)11-8-10-14/h12H,4-11H2,1-3H3. The van der Waals surface area contributed by atoms with Crippen LogP contribution >= 0.6 is 15.9 Å². The Hall–Kier alpha value is -0.0500. The molecule has 0 aliphatic heterocycles. The lowest BCUT2D eigenvalue weighted by Crippen LogP contribution is -2.37. The van der Waals surface area contributed by atoms with Gasteiger partial charge in [-0.15, -0.1) is 0 Å². The molecule has 0 saturated carbocycles. The lowest BCUT2D eigenvalue weighted by Gasteiger charge is -2.26. The van der Waals surface area contributed by atoms with Crippen molar-refractivity contribution in [2.24, 2.45) is 0 Å². The van der Waals surface area contributed by atoms with Crippen molar-refractivity contribution in [3.63, 3.8) is 0 Å². The van der Waals surface area contributed by atoms with Gasteiger partial charge in [0.2, 0.25) is 5.91 Å². The molecule has 0 bridgehead atoms. The van der Waals surface area contributed by atoms with Crippen molar-refractivity contribution in [2.45, 2.75) is 65.3 Å². The number of carbonyl (C=O) groups excluding carboxylic acids is 1. The molecule has 0 spiro atoms. The fourth-order valence-electron chi connectivity index (χ4n) is 1.75. The molecule has 3 heteroatoms. The number of halogens is 1. The summed E-state index contributed by atoms with van der Waals surface area (Å²) < 4.78 is 0. The quantitative estimate of drug-likeness (QED) is 0.465. The number of nitrogens with zero attached hydrogens (tertiary/aromatic N) is 1. The summed E-state index contributed by atoms with van der Waals surface area (Å²) in [5.74, 6) is 0.326. The van der Waals surface area contributed by atoms with Gasteiger partial charge in [0.15, 0.2) is 0 Å². The second-order valence-corrected chi connectivity index (χ2v) is 5.33. The van der Waals surface area contributed by atoms with Crippen LogP contribution in [0.5, 0.6) is 0 Å². The highest BCUT2D eigenvalue weighted by Gasteiger charge is 2.15. The average Bonchev–Trinajstić information content (AvgIpc) is 2.24. The summed E-state index contributed by atoms with van der Waals surface area (Å²) in [6, 6.07) is 0.331. The molecular weight excluding hydrogens is 266 g/mol. The van der Waals surface area contributed by atoms with Crippen LogP contribution in [0.3, 0.4) is 0 Å². The Balaban J connectivity index is 3.87. The summed E-state index contributed by atoms with van der Waals surface area (Å²) in [7, 11) is 0. The van der Waals surface area contributed by atoms with Gasteiger partial charge in [0.25, 0.3) is 0 Å². The van der Waals surface area contributed by atoms with Crippen molar-refractivity contribution in [1.29, 1.82) is 0 Å². The maximum atomic E-state index is 12.0. The fraction of sp³-hybridized carbons (Fsp3) is 0.923. The maximum Gasteiger partial charge on any atom is 0.222 e. The molecule has 0 aromatic heterocycles. The SMILES string of the molecule is CCCCCCC(=O)N(CCCBr)C(C)C. The van der Waals surface area contributed by atoms with Gasteiger partial charge in [0.1, 0.15) is 0 Å². The Kier molecular flexibility index (Phi) is 10.1. The first-order valence-corrected chi connectivity index (χ1v) is 7.61. The monoisotopic (exact) mass is 291 g/mol. The first-order chi connectivity index (χ1) is 7.63. The number of unbranched alkanes of at least 4 members (excludes halogenated alkanes) is 3. The van der Waals surface area contributed by atoms with Crippen LogP contribution in [0.4, 0.5) is 0 Å². The molecule has 0 heterocycles. The zero-order valence-corrected chi connectivity index (χ0v) is 12.6. The summed E-state index contributed by atoms with van der Waals surface area (Å²) in [4.78, 5) is 14.0. The van der Waals surface area contributed by atoms with Gasteiger partial charge in [-0.25, -0.2) is 0 Å². The van der Waals surface area contributed by atoms with Gasteiger partial charge in [0, 0.05) is 24.3 Å². The smallest absolute Gasteiger partial charge is 0.222 e. The lowest BCUT2D eigenvalue weighted by molar-refractivity contribution is -0.133. The number of hydrogen-bond donors (Lipinski definition) is 0. The van der Waals surface area contributed by atoms with Crippen LogP contribution in [-0.4, -0.2) is 28.7 Å². The molecule has 1 amide bonds. The van der Waals surface area contributed by atoms with E-state index in [1.54, 1.807) is 0 Å². The first-order valence-electron chi connectivity index (χ1n) is 6.48. The third kappa shape index (κ3) is 7.26. The molecule has 0 radical (unpaired) electrons. The summed E-state index contributed by atoms with van der Waals surface area (Å²) in [6.45, 7) is 7.27. The third-order valence-electron chi connectivity index (χ3n) is 2.72. The Morgan fingerprint density at radius 1 is 1.19 bits per heavy atom. The molecule has 2 nitrogen and oxygen atoms in total. The number of amides is 1. The van der Waals surface area contributed by atoms with Gasteiger partial charge in [-0.1, -0.05) is 42.1 Å². The van der Waals surface area contributed by atoms with E-state index in [1.165, 1.54) is 19.3 Å². The Labute approximate surface area is 109 Å². The fourth-order valence-corrected chi connectivity index (χ4v) is 2.00. The van der Waals surface area contributed by atoms with Crippen molar-refractivity contribution in [1.82, 2.24) is 4.90 Å². The van der Waals surface area contributed by atoms with E-state index >= 15 is 0 Å². The van der Waals surface area contributed by atoms with Crippen molar-refractivity contribution < 1.29 is 4.79 Å². The molecule has 0 fully saturated rings. The van der Waals surface area contributed by atoms with Crippen LogP contribution < -0.4 is 0 Å².